The van der Waals surface area contributed by atoms with Crippen molar-refractivity contribution < 1.29 is 134 Å². The fourth-order valence-corrected chi connectivity index (χ4v) is 15.0. The number of nitrogens with zero attached hydrogens (tertiary/aromatic N) is 2. The van der Waals surface area contributed by atoms with Gasteiger partial charge in [0.05, 0.1) is 73.4 Å². The van der Waals surface area contributed by atoms with Gasteiger partial charge in [-0.25, -0.2) is 0 Å². The molecule has 36 heteroatoms. The molecule has 36 atom stereocenters. The predicted octanol–water partition coefficient (Wildman–Crippen LogP) is -6.82. The van der Waals surface area contributed by atoms with Gasteiger partial charge < -0.3 is 173 Å². The number of rotatable bonds is 26. The Morgan fingerprint density at radius 2 is 1.26 bits per heavy atom. The average Bonchev–Trinajstić information content (AvgIpc) is 0.818. The van der Waals surface area contributed by atoms with Crippen LogP contribution in [-0.2, 0) is 57.0 Å². The minimum atomic E-state index is -1.80. The Morgan fingerprint density at radius 1 is 0.698 bits per heavy atom. The highest BCUT2D eigenvalue weighted by molar-refractivity contribution is 5.80. The number of likely N-dealkylation sites (N-methyl/N-ethyl adjacent to an activating group) is 2. The summed E-state index contributed by atoms with van der Waals surface area (Å²) in [6, 6.07) is -3.86. The number of amides is 1. The molecule has 6 fully saturated rings. The van der Waals surface area contributed by atoms with Crippen molar-refractivity contribution in [2.75, 3.05) is 80.8 Å². The zero-order valence-corrected chi connectivity index (χ0v) is 65.2. The maximum absolute atomic E-state index is 14.2. The number of carbonyl (C=O) groups excluding carboxylic acids is 2. The molecule has 5 saturated heterocycles. The number of carbonyl (C=O) groups is 2. The lowest BCUT2D eigenvalue weighted by Gasteiger charge is -2.49. The maximum atomic E-state index is 14.2. The van der Waals surface area contributed by atoms with Crippen LogP contribution in [0.1, 0.15) is 134 Å². The van der Waals surface area contributed by atoms with Crippen LogP contribution in [-0.4, -0.2) is 379 Å². The SMILES string of the molecule is CCC(CO)NCCNC(CC)CO.CC[C@H]1OC(=O)[C@H](C)[C@@H](O[C@H]2C[C@@](C)(OC)[C@@H](O)[C@H](C)O2)[C@H](C)[C@@H](O[C@@H]2O[C@H](C)C[C@H](N(C)C)[C@H]2O)[C@](C)(O)C[C@@H](C)CN(C)[C@H](C)[C@@H](O)[C@]1(C)O.NCC[C@H](O)C(=O)N[C@@H]1C[C@H](N)[C@@H](O[C@H]2O[C@H](CN)[C@@H](O)[C@H](O)[C@H]2O)[C@H](O)[C@H]1O[C@H]1O[C@H](CO)[C@@H](O)[C@H](N)[C@H]1O. The Balaban J connectivity index is 0.000000388. The third-order valence-corrected chi connectivity index (χ3v) is 22.1. The molecule has 626 valence electrons. The van der Waals surface area contributed by atoms with E-state index in [1.54, 1.807) is 41.5 Å². The van der Waals surface area contributed by atoms with Gasteiger partial charge in [-0.2, -0.15) is 0 Å². The molecule has 0 radical (unpaired) electrons. The van der Waals surface area contributed by atoms with E-state index in [9.17, 15) is 76.0 Å². The summed E-state index contributed by atoms with van der Waals surface area (Å²) in [5, 5.41) is 167. The monoisotopic (exact) mass is 1540 g/mol. The lowest BCUT2D eigenvalue weighted by molar-refractivity contribution is -0.332. The van der Waals surface area contributed by atoms with Crippen LogP contribution in [0.2, 0.25) is 0 Å². The lowest BCUT2D eigenvalue weighted by Crippen LogP contribution is -2.69. The van der Waals surface area contributed by atoms with Gasteiger partial charge in [-0.05, 0) is 127 Å². The number of cyclic esters (lactones) is 1. The number of aliphatic hydroxyl groups is 15. The molecule has 5 aliphatic heterocycles. The van der Waals surface area contributed by atoms with E-state index >= 15 is 0 Å². The lowest BCUT2D eigenvalue weighted by atomic mass is 9.77. The minimum Gasteiger partial charge on any atom is -0.459 e. The first-order valence-corrected chi connectivity index (χ1v) is 37.7. The molecule has 0 aromatic rings. The summed E-state index contributed by atoms with van der Waals surface area (Å²) in [6.45, 7) is 23.3. The molecule has 5 heterocycles. The molecule has 1 amide bonds. The number of hydrogen-bond donors (Lipinski definition) is 22. The molecule has 6 rings (SSSR count). The number of nitrogens with one attached hydrogen (secondary N) is 3. The van der Waals surface area contributed by atoms with Crippen molar-refractivity contribution in [3.63, 3.8) is 0 Å². The summed E-state index contributed by atoms with van der Waals surface area (Å²) in [5.41, 5.74) is 18.7. The van der Waals surface area contributed by atoms with Crippen molar-refractivity contribution in [1.82, 2.24) is 25.8 Å². The zero-order valence-electron chi connectivity index (χ0n) is 65.2. The zero-order chi connectivity index (χ0) is 80.4. The van der Waals surface area contributed by atoms with Crippen molar-refractivity contribution >= 4 is 11.9 Å². The Labute approximate surface area is 625 Å². The fraction of sp³-hybridized carbons (Fsp3) is 0.971. The van der Waals surface area contributed by atoms with Crippen LogP contribution in [0.3, 0.4) is 0 Å². The van der Waals surface area contributed by atoms with Gasteiger partial charge in [0.25, 0.3) is 0 Å². The molecule has 0 aromatic heterocycles. The van der Waals surface area contributed by atoms with Crippen molar-refractivity contribution in [2.24, 2.45) is 40.7 Å². The standard InChI is InChI=1S/C38H72N2O12.C22H43N5O13.C10H24N2O2/c1-15-27-38(10,46)31(42)24(6)40(13)19-20(2)17-36(8,45)33(52-35-29(41)26(39(11)12)16-21(3)48-35)22(4)30(23(5)34(44)50-27)51-28-18-37(9,47-14)32(43)25(7)49-28;23-2-1-8(29)20(36)27-7-3-6(25)18(39-22-16(34)15(33)13(31)9(4-24)37-22)17(35)19(7)40-21-14(32)11(26)12(30)10(5-28)38-21;1-3-9(7-13)11-5-6-12-10(4-2)8-14/h20-33,35,41-43,45-46H,15-19H2,1-14H3;6-19,21-22,28-35H,1-5,23-26H2,(H,27,36);9-14H,3-8H2,1-2H3/t20-,21-,22+,23-,24-,25+,26+,27-,28+,29-,30+,31-,32+,33-,35+,36-,37-,38-;6-,7+,8-,9+,10+,11-,12+,13+,14+,15-,16+,17-,18+,19-,21+,22+;/m10./s1. The van der Waals surface area contributed by atoms with Gasteiger partial charge >= 0.3 is 5.97 Å². The number of aliphatic hydroxyl groups excluding tert-OH is 13. The van der Waals surface area contributed by atoms with Gasteiger partial charge in [0.15, 0.2) is 25.2 Å². The van der Waals surface area contributed by atoms with E-state index in [1.165, 1.54) is 14.0 Å². The molecular weight excluding hydrogens is 1400 g/mol. The maximum Gasteiger partial charge on any atom is 0.311 e. The fourth-order valence-electron chi connectivity index (χ4n) is 15.0. The third kappa shape index (κ3) is 25.1. The number of esters is 1. The van der Waals surface area contributed by atoms with Crippen LogP contribution in [0.25, 0.3) is 0 Å². The van der Waals surface area contributed by atoms with Gasteiger partial charge in [0.2, 0.25) is 5.91 Å². The summed E-state index contributed by atoms with van der Waals surface area (Å²) in [4.78, 5) is 30.6. The quantitative estimate of drug-likeness (QED) is 0.0283. The molecule has 1 aliphatic carbocycles. The van der Waals surface area contributed by atoms with Crippen LogP contribution in [0.15, 0.2) is 0 Å². The van der Waals surface area contributed by atoms with Crippen molar-refractivity contribution in [3.05, 3.63) is 0 Å². The second kappa shape index (κ2) is 43.8. The van der Waals surface area contributed by atoms with Gasteiger partial charge in [-0.15, -0.1) is 0 Å². The van der Waals surface area contributed by atoms with E-state index in [2.05, 4.69) is 16.0 Å². The van der Waals surface area contributed by atoms with E-state index in [4.69, 9.17) is 80.5 Å². The second-order valence-electron chi connectivity index (χ2n) is 31.0. The highest BCUT2D eigenvalue weighted by atomic mass is 16.7. The van der Waals surface area contributed by atoms with E-state index in [-0.39, 0.29) is 88.6 Å². The van der Waals surface area contributed by atoms with Crippen LogP contribution < -0.4 is 38.9 Å². The second-order valence-corrected chi connectivity index (χ2v) is 31.0. The highest BCUT2D eigenvalue weighted by Gasteiger charge is 2.56. The predicted molar refractivity (Wildman–Crippen MR) is 384 cm³/mol. The number of ether oxygens (including phenoxy) is 10. The smallest absolute Gasteiger partial charge is 0.311 e. The molecule has 0 spiro atoms. The van der Waals surface area contributed by atoms with Crippen LogP contribution in [0, 0.1) is 17.8 Å². The normalized spacial score (nSPS) is 44.1. The van der Waals surface area contributed by atoms with Gasteiger partial charge in [-0.3, -0.25) is 9.59 Å². The van der Waals surface area contributed by atoms with Gasteiger partial charge in [0.1, 0.15) is 97.2 Å². The minimum absolute atomic E-state index is 0.0101. The molecule has 106 heavy (non-hydrogen) atoms. The van der Waals surface area contributed by atoms with Crippen LogP contribution >= 0.6 is 0 Å². The summed E-state index contributed by atoms with van der Waals surface area (Å²) in [7, 11) is 7.12. The summed E-state index contributed by atoms with van der Waals surface area (Å²) in [5.74, 6) is -3.43. The van der Waals surface area contributed by atoms with E-state index in [1.807, 2.05) is 65.6 Å². The number of methoxy groups -OCH3 is 1. The van der Waals surface area contributed by atoms with E-state index in [0.717, 1.165) is 25.9 Å². The molecule has 6 aliphatic rings. The van der Waals surface area contributed by atoms with Crippen molar-refractivity contribution in [2.45, 2.75) is 335 Å². The molecule has 26 N–H and O–H groups in total. The van der Waals surface area contributed by atoms with E-state index < -0.39 is 206 Å². The first-order valence-electron chi connectivity index (χ1n) is 37.7. The largest absolute Gasteiger partial charge is 0.459 e. The summed E-state index contributed by atoms with van der Waals surface area (Å²) in [6.07, 6.45) is -26.1. The summed E-state index contributed by atoms with van der Waals surface area (Å²) < 4.78 is 60.0. The molecule has 0 bridgehead atoms. The first kappa shape index (κ1) is 96.0. The van der Waals surface area contributed by atoms with Crippen molar-refractivity contribution in [3.8, 4) is 0 Å². The van der Waals surface area contributed by atoms with Crippen LogP contribution in [0.4, 0.5) is 0 Å². The topological polar surface area (TPSA) is 577 Å². The van der Waals surface area contributed by atoms with Crippen molar-refractivity contribution in [1.29, 1.82) is 0 Å². The Morgan fingerprint density at radius 3 is 1.79 bits per heavy atom. The first-order chi connectivity index (χ1) is 49.5. The number of hydrogen-bond acceptors (Lipinski definition) is 35. The van der Waals surface area contributed by atoms with E-state index in [0.29, 0.717) is 13.0 Å². The molecule has 36 nitrogen and oxygen atoms in total. The average molecular weight is 1540 g/mol. The number of nitrogens with two attached hydrogens (primary N) is 4. The third-order valence-electron chi connectivity index (χ3n) is 22.1. The highest BCUT2D eigenvalue weighted by Crippen LogP contribution is 2.41. The Hall–Kier alpha value is -2.34. The molecule has 0 aromatic carbocycles. The molecular formula is C70H139N9O27. The molecule has 2 unspecified atom stereocenters. The summed E-state index contributed by atoms with van der Waals surface area (Å²) >= 11 is 0. The van der Waals surface area contributed by atoms with Gasteiger partial charge in [0, 0.05) is 75.8 Å². The van der Waals surface area contributed by atoms with Crippen LogP contribution in [0.5, 0.6) is 0 Å². The Bertz CT molecular complexity index is 2500. The molecule has 1 saturated carbocycles. The van der Waals surface area contributed by atoms with Gasteiger partial charge in [-0.1, -0.05) is 34.6 Å². The Kier molecular flexibility index (Phi) is 39.7.